The van der Waals surface area contributed by atoms with Gasteiger partial charge in [0.15, 0.2) is 0 Å². The van der Waals surface area contributed by atoms with Crippen molar-refractivity contribution in [3.05, 3.63) is 60.6 Å². The van der Waals surface area contributed by atoms with E-state index in [-0.39, 0.29) is 0 Å². The minimum Gasteiger partial charge on any atom is -0.460 e. The molecule has 4 nitrogen and oxygen atoms in total. The van der Waals surface area contributed by atoms with Crippen molar-refractivity contribution in [1.29, 1.82) is 0 Å². The van der Waals surface area contributed by atoms with Crippen molar-refractivity contribution in [1.82, 2.24) is 9.55 Å². The first-order chi connectivity index (χ1) is 9.78. The fraction of sp³-hybridized carbons (Fsp3) is 0.125. The third-order valence-electron chi connectivity index (χ3n) is 3.01. The van der Waals surface area contributed by atoms with E-state index in [2.05, 4.69) is 16.6 Å². The number of rotatable bonds is 4. The summed E-state index contributed by atoms with van der Waals surface area (Å²) < 4.78 is 7.50. The summed E-state index contributed by atoms with van der Waals surface area (Å²) in [5.74, 6) is 2.24. The van der Waals surface area contributed by atoms with E-state index < -0.39 is 0 Å². The fourth-order valence-corrected chi connectivity index (χ4v) is 2.11. The molecule has 2 heterocycles. The summed E-state index contributed by atoms with van der Waals surface area (Å²) in [7, 11) is 0. The van der Waals surface area contributed by atoms with Gasteiger partial charge >= 0.3 is 0 Å². The maximum atomic E-state index is 5.47. The van der Waals surface area contributed by atoms with Gasteiger partial charge in [-0.05, 0) is 31.2 Å². The van der Waals surface area contributed by atoms with Crippen LogP contribution in [0.25, 0.3) is 11.0 Å². The first kappa shape index (κ1) is 12.4. The number of aromatic nitrogens is 2. The molecule has 0 amide bonds. The smallest absolute Gasteiger partial charge is 0.230 e. The zero-order valence-corrected chi connectivity index (χ0v) is 11.3. The second-order valence-corrected chi connectivity index (χ2v) is 4.51. The van der Waals surface area contributed by atoms with E-state index in [4.69, 9.17) is 4.42 Å². The highest BCUT2D eigenvalue weighted by atomic mass is 16.3. The first-order valence-corrected chi connectivity index (χ1v) is 6.44. The summed E-state index contributed by atoms with van der Waals surface area (Å²) in [6.07, 6.45) is 3.53. The predicted molar refractivity (Wildman–Crippen MR) is 80.6 cm³/mol. The zero-order valence-electron chi connectivity index (χ0n) is 11.3. The van der Waals surface area contributed by atoms with Crippen molar-refractivity contribution in [3.63, 3.8) is 0 Å². The van der Waals surface area contributed by atoms with E-state index in [9.17, 15) is 0 Å². The van der Waals surface area contributed by atoms with Gasteiger partial charge < -0.3 is 8.98 Å². The molecule has 0 aliphatic heterocycles. The van der Waals surface area contributed by atoms with Crippen molar-refractivity contribution in [2.24, 2.45) is 4.99 Å². The standard InChI is InChI=1S/C16H15N3O/c1-3-10-19-15-7-5-4-6-14(15)18-16(19)17-11-13-9-8-12(2)20-13/h3-9,11H,1,10H2,2H3. The Morgan fingerprint density at radius 3 is 2.90 bits per heavy atom. The van der Waals surface area contributed by atoms with Gasteiger partial charge in [0, 0.05) is 6.54 Å². The van der Waals surface area contributed by atoms with Gasteiger partial charge in [-0.25, -0.2) is 9.98 Å². The molecule has 0 saturated heterocycles. The molecule has 100 valence electrons. The van der Waals surface area contributed by atoms with Crippen LogP contribution in [0.1, 0.15) is 11.5 Å². The molecule has 0 unspecified atom stereocenters. The number of furan rings is 1. The number of para-hydroxylation sites is 2. The highest BCUT2D eigenvalue weighted by molar-refractivity contribution is 5.81. The number of hydrogen-bond acceptors (Lipinski definition) is 3. The predicted octanol–water partition coefficient (Wildman–Crippen LogP) is 3.87. The van der Waals surface area contributed by atoms with E-state index in [0.717, 1.165) is 22.6 Å². The van der Waals surface area contributed by atoms with Gasteiger partial charge in [-0.3, -0.25) is 0 Å². The Labute approximate surface area is 117 Å². The largest absolute Gasteiger partial charge is 0.460 e. The van der Waals surface area contributed by atoms with E-state index >= 15 is 0 Å². The Kier molecular flexibility index (Phi) is 3.21. The van der Waals surface area contributed by atoms with Crippen molar-refractivity contribution in [2.75, 3.05) is 0 Å². The molecule has 0 saturated carbocycles. The van der Waals surface area contributed by atoms with Gasteiger partial charge in [0.25, 0.3) is 0 Å². The number of fused-ring (bicyclic) bond motifs is 1. The Bertz CT molecular complexity index is 780. The molecule has 20 heavy (non-hydrogen) atoms. The van der Waals surface area contributed by atoms with Crippen LogP contribution in [0.2, 0.25) is 0 Å². The van der Waals surface area contributed by atoms with Gasteiger partial charge in [0.2, 0.25) is 5.95 Å². The van der Waals surface area contributed by atoms with Crippen LogP contribution in [0.5, 0.6) is 0 Å². The number of aryl methyl sites for hydroxylation is 1. The van der Waals surface area contributed by atoms with Crippen LogP contribution >= 0.6 is 0 Å². The molecule has 0 aliphatic rings. The second kappa shape index (κ2) is 5.17. The van der Waals surface area contributed by atoms with Gasteiger partial charge in [-0.15, -0.1) is 6.58 Å². The van der Waals surface area contributed by atoms with Crippen LogP contribution in [-0.4, -0.2) is 15.8 Å². The molecular weight excluding hydrogens is 250 g/mol. The summed E-state index contributed by atoms with van der Waals surface area (Å²) >= 11 is 0. The number of allylic oxidation sites excluding steroid dienone is 1. The van der Waals surface area contributed by atoms with Crippen molar-refractivity contribution < 1.29 is 4.42 Å². The Balaban J connectivity index is 2.03. The molecule has 0 spiro atoms. The maximum absolute atomic E-state index is 5.47. The molecule has 3 aromatic rings. The average molecular weight is 265 g/mol. The van der Waals surface area contributed by atoms with Crippen LogP contribution in [0.15, 0.2) is 58.5 Å². The Morgan fingerprint density at radius 2 is 2.15 bits per heavy atom. The summed E-state index contributed by atoms with van der Waals surface area (Å²) in [5.41, 5.74) is 1.98. The molecule has 0 radical (unpaired) electrons. The van der Waals surface area contributed by atoms with E-state index in [1.54, 1.807) is 6.21 Å². The lowest BCUT2D eigenvalue weighted by Crippen LogP contribution is -1.94. The van der Waals surface area contributed by atoms with Crippen LogP contribution < -0.4 is 0 Å². The van der Waals surface area contributed by atoms with Crippen molar-refractivity contribution in [3.8, 4) is 0 Å². The topological polar surface area (TPSA) is 43.3 Å². The number of imidazole rings is 1. The molecule has 3 rings (SSSR count). The number of benzene rings is 1. The van der Waals surface area contributed by atoms with E-state index in [1.807, 2.05) is 54.0 Å². The molecule has 0 atom stereocenters. The highest BCUT2D eigenvalue weighted by Crippen LogP contribution is 2.21. The first-order valence-electron chi connectivity index (χ1n) is 6.44. The molecular formula is C16H15N3O. The molecule has 0 N–H and O–H groups in total. The summed E-state index contributed by atoms with van der Waals surface area (Å²) in [6.45, 7) is 6.36. The van der Waals surface area contributed by atoms with Gasteiger partial charge in [0.05, 0.1) is 17.2 Å². The van der Waals surface area contributed by atoms with Gasteiger partial charge in [-0.1, -0.05) is 18.2 Å². The normalized spacial score (nSPS) is 11.4. The van der Waals surface area contributed by atoms with Crippen LogP contribution in [-0.2, 0) is 6.54 Å². The quantitative estimate of drug-likeness (QED) is 0.531. The summed E-state index contributed by atoms with van der Waals surface area (Å²) in [4.78, 5) is 8.96. The number of aliphatic imine (C=N–C) groups is 1. The average Bonchev–Trinajstić information content (AvgIpc) is 3.02. The van der Waals surface area contributed by atoms with E-state index in [1.165, 1.54) is 0 Å². The number of hydrogen-bond donors (Lipinski definition) is 0. The van der Waals surface area contributed by atoms with Crippen LogP contribution in [0.3, 0.4) is 0 Å². The summed E-state index contributed by atoms with van der Waals surface area (Å²) in [6, 6.07) is 11.8. The Hall–Kier alpha value is -2.62. The maximum Gasteiger partial charge on any atom is 0.230 e. The van der Waals surface area contributed by atoms with E-state index in [0.29, 0.717) is 12.5 Å². The lowest BCUT2D eigenvalue weighted by molar-refractivity contribution is 0.528. The highest BCUT2D eigenvalue weighted by Gasteiger charge is 2.07. The van der Waals surface area contributed by atoms with Crippen LogP contribution in [0, 0.1) is 6.92 Å². The SMILES string of the molecule is C=CCn1c(N=Cc2ccc(C)o2)nc2ccccc21. The number of nitrogens with zero attached hydrogens (tertiary/aromatic N) is 3. The fourth-order valence-electron chi connectivity index (χ4n) is 2.11. The summed E-state index contributed by atoms with van der Waals surface area (Å²) in [5, 5.41) is 0. The molecule has 0 fully saturated rings. The van der Waals surface area contributed by atoms with Crippen molar-refractivity contribution in [2.45, 2.75) is 13.5 Å². The third-order valence-corrected chi connectivity index (χ3v) is 3.01. The minimum atomic E-state index is 0.653. The Morgan fingerprint density at radius 1 is 1.30 bits per heavy atom. The lowest BCUT2D eigenvalue weighted by Gasteiger charge is -2.01. The zero-order chi connectivity index (χ0) is 13.9. The molecule has 2 aromatic heterocycles. The molecule has 0 bridgehead atoms. The van der Waals surface area contributed by atoms with Gasteiger partial charge in [0.1, 0.15) is 11.5 Å². The lowest BCUT2D eigenvalue weighted by atomic mass is 10.3. The third kappa shape index (κ3) is 2.28. The second-order valence-electron chi connectivity index (χ2n) is 4.51. The van der Waals surface area contributed by atoms with Crippen molar-refractivity contribution >= 4 is 23.2 Å². The minimum absolute atomic E-state index is 0.653. The monoisotopic (exact) mass is 265 g/mol. The van der Waals surface area contributed by atoms with Crippen LogP contribution in [0.4, 0.5) is 5.95 Å². The molecule has 4 heteroatoms. The molecule has 1 aromatic carbocycles. The van der Waals surface area contributed by atoms with Gasteiger partial charge in [-0.2, -0.15) is 0 Å². The molecule has 0 aliphatic carbocycles.